The van der Waals surface area contributed by atoms with E-state index in [-0.39, 0.29) is 5.78 Å². The SMILES string of the molecule is CCOc1ccc2c(c1)S(=C=O)c1ccc(C)cc1C2=O. The minimum absolute atomic E-state index is 0.0363. The Kier molecular flexibility index (Phi) is 3.50. The van der Waals surface area contributed by atoms with E-state index in [1.807, 2.05) is 32.0 Å². The number of rotatable bonds is 2. The van der Waals surface area contributed by atoms with E-state index in [0.29, 0.717) is 28.4 Å². The Morgan fingerprint density at radius 1 is 1.10 bits per heavy atom. The number of hydrogen-bond donors (Lipinski definition) is 0. The average Bonchev–Trinajstić information content (AvgIpc) is 2.49. The van der Waals surface area contributed by atoms with Crippen molar-refractivity contribution >= 4 is 21.5 Å². The van der Waals surface area contributed by atoms with Gasteiger partial charge in [-0.2, -0.15) is 0 Å². The summed E-state index contributed by atoms with van der Waals surface area (Å²) in [5, 5.41) is 2.10. The molecule has 21 heavy (non-hydrogen) atoms. The molecule has 0 amide bonds. The van der Waals surface area contributed by atoms with Gasteiger partial charge >= 0.3 is 0 Å². The molecule has 3 rings (SSSR count). The normalized spacial score (nSPS) is 15.9. The Balaban J connectivity index is 2.26. The number of fused-ring (bicyclic) bond motifs is 2. The topological polar surface area (TPSA) is 43.4 Å². The van der Waals surface area contributed by atoms with Crippen LogP contribution in [0.2, 0.25) is 0 Å². The van der Waals surface area contributed by atoms with Crippen molar-refractivity contribution < 1.29 is 14.3 Å². The molecule has 0 bridgehead atoms. The highest BCUT2D eigenvalue weighted by atomic mass is 32.2. The highest BCUT2D eigenvalue weighted by Crippen LogP contribution is 2.45. The molecule has 3 nitrogen and oxygen atoms in total. The van der Waals surface area contributed by atoms with Gasteiger partial charge in [0.15, 0.2) is 11.0 Å². The van der Waals surface area contributed by atoms with Gasteiger partial charge in [0.2, 0.25) is 0 Å². The second kappa shape index (κ2) is 5.32. The number of aryl methyl sites for hydroxylation is 1. The summed E-state index contributed by atoms with van der Waals surface area (Å²) in [7, 11) is -0.851. The predicted molar refractivity (Wildman–Crippen MR) is 82.0 cm³/mol. The van der Waals surface area contributed by atoms with Gasteiger partial charge in [0.25, 0.3) is 0 Å². The highest BCUT2D eigenvalue weighted by Gasteiger charge is 2.27. The fourth-order valence-corrected chi connectivity index (χ4v) is 4.07. The third-order valence-electron chi connectivity index (χ3n) is 3.41. The Hall–Kier alpha value is -2.16. The third-order valence-corrected chi connectivity index (χ3v) is 5.15. The maximum absolute atomic E-state index is 12.6. The maximum Gasteiger partial charge on any atom is 0.195 e. The zero-order valence-corrected chi connectivity index (χ0v) is 12.6. The molecule has 2 aromatic carbocycles. The van der Waals surface area contributed by atoms with Gasteiger partial charge in [-0.15, -0.1) is 0 Å². The van der Waals surface area contributed by atoms with E-state index in [9.17, 15) is 9.59 Å². The van der Waals surface area contributed by atoms with Crippen LogP contribution in [-0.4, -0.2) is 17.6 Å². The molecule has 1 unspecified atom stereocenters. The van der Waals surface area contributed by atoms with Gasteiger partial charge < -0.3 is 4.74 Å². The standard InChI is InChI=1S/C17H14O3S/c1-3-20-12-5-6-13-16(9-12)21(10-18)15-7-4-11(2)8-14(15)17(13)19/h4-9H,3H2,1-2H3. The molecule has 0 spiro atoms. The number of ether oxygens (including phenoxy) is 1. The lowest BCUT2D eigenvalue weighted by Gasteiger charge is -2.21. The summed E-state index contributed by atoms with van der Waals surface area (Å²) < 4.78 is 5.47. The van der Waals surface area contributed by atoms with E-state index in [0.717, 1.165) is 10.5 Å². The predicted octanol–water partition coefficient (Wildman–Crippen LogP) is 3.69. The lowest BCUT2D eigenvalue weighted by Crippen LogP contribution is -2.11. The van der Waals surface area contributed by atoms with Crippen molar-refractivity contribution in [1.82, 2.24) is 0 Å². The average molecular weight is 298 g/mol. The Bertz CT molecular complexity index is 802. The van der Waals surface area contributed by atoms with Gasteiger partial charge in [0.05, 0.1) is 6.61 Å². The molecule has 1 heterocycles. The zero-order chi connectivity index (χ0) is 15.0. The van der Waals surface area contributed by atoms with Crippen LogP contribution in [0.5, 0.6) is 5.75 Å². The van der Waals surface area contributed by atoms with Crippen molar-refractivity contribution in [1.29, 1.82) is 0 Å². The second-order valence-electron chi connectivity index (χ2n) is 4.81. The fraction of sp³-hybridized carbons (Fsp3) is 0.176. The molecule has 0 N–H and O–H groups in total. The van der Waals surface area contributed by atoms with Crippen molar-refractivity contribution in [2.75, 3.05) is 6.61 Å². The first kappa shape index (κ1) is 13.8. The molecular weight excluding hydrogens is 284 g/mol. The first-order valence-corrected chi connectivity index (χ1v) is 7.92. The maximum atomic E-state index is 12.6. The van der Waals surface area contributed by atoms with E-state index in [2.05, 4.69) is 5.23 Å². The summed E-state index contributed by atoms with van der Waals surface area (Å²) in [4.78, 5) is 25.6. The summed E-state index contributed by atoms with van der Waals surface area (Å²) in [6.45, 7) is 4.37. The smallest absolute Gasteiger partial charge is 0.195 e. The van der Waals surface area contributed by atoms with Gasteiger partial charge in [0, 0.05) is 20.9 Å². The van der Waals surface area contributed by atoms with Gasteiger partial charge in [-0.3, -0.25) is 4.79 Å². The van der Waals surface area contributed by atoms with E-state index < -0.39 is 10.5 Å². The van der Waals surface area contributed by atoms with Gasteiger partial charge in [-0.25, -0.2) is 4.79 Å². The van der Waals surface area contributed by atoms with E-state index in [4.69, 9.17) is 4.74 Å². The van der Waals surface area contributed by atoms with E-state index in [1.165, 1.54) is 0 Å². The Morgan fingerprint density at radius 3 is 2.62 bits per heavy atom. The Labute approximate surface area is 125 Å². The molecule has 1 aliphatic heterocycles. The second-order valence-corrected chi connectivity index (χ2v) is 6.47. The quantitative estimate of drug-likeness (QED) is 0.678. The highest BCUT2D eigenvalue weighted by molar-refractivity contribution is 8.14. The first-order chi connectivity index (χ1) is 10.2. The first-order valence-electron chi connectivity index (χ1n) is 6.70. The lowest BCUT2D eigenvalue weighted by atomic mass is 10.0. The molecule has 2 aromatic rings. The molecule has 0 radical (unpaired) electrons. The van der Waals surface area contributed by atoms with Crippen LogP contribution in [0.25, 0.3) is 0 Å². The van der Waals surface area contributed by atoms with Crippen LogP contribution in [0.1, 0.15) is 28.4 Å². The Morgan fingerprint density at radius 2 is 1.90 bits per heavy atom. The van der Waals surface area contributed by atoms with Crippen LogP contribution < -0.4 is 4.74 Å². The number of ketones is 1. The zero-order valence-electron chi connectivity index (χ0n) is 11.8. The number of carbonyl (C=O) groups is 1. The van der Waals surface area contributed by atoms with E-state index >= 15 is 0 Å². The third kappa shape index (κ3) is 2.23. The fourth-order valence-electron chi connectivity index (χ4n) is 2.47. The summed E-state index contributed by atoms with van der Waals surface area (Å²) >= 11 is 0. The van der Waals surface area contributed by atoms with Gasteiger partial charge in [-0.1, -0.05) is 11.6 Å². The summed E-state index contributed by atoms with van der Waals surface area (Å²) in [6.07, 6.45) is 0. The molecule has 1 atom stereocenters. The van der Waals surface area contributed by atoms with Crippen LogP contribution >= 0.6 is 10.5 Å². The van der Waals surface area contributed by atoms with Gasteiger partial charge in [-0.05, 0) is 54.7 Å². The van der Waals surface area contributed by atoms with Crippen LogP contribution in [0.15, 0.2) is 46.2 Å². The number of carbonyl (C=O) groups excluding carboxylic acids is 2. The minimum atomic E-state index is -0.851. The molecule has 0 saturated carbocycles. The van der Waals surface area contributed by atoms with Crippen molar-refractivity contribution in [2.24, 2.45) is 0 Å². The molecular formula is C17H14O3S. The monoisotopic (exact) mass is 298 g/mol. The van der Waals surface area contributed by atoms with Crippen LogP contribution in [-0.2, 0) is 4.79 Å². The van der Waals surface area contributed by atoms with Crippen LogP contribution in [0.3, 0.4) is 0 Å². The largest absolute Gasteiger partial charge is 0.494 e. The van der Waals surface area contributed by atoms with Crippen LogP contribution in [0.4, 0.5) is 0 Å². The lowest BCUT2D eigenvalue weighted by molar-refractivity contribution is 0.103. The van der Waals surface area contributed by atoms with Crippen LogP contribution in [0, 0.1) is 6.92 Å². The summed E-state index contributed by atoms with van der Waals surface area (Å²) in [5.74, 6) is 0.637. The molecule has 0 fully saturated rings. The molecule has 0 aliphatic carbocycles. The molecule has 0 aromatic heterocycles. The number of hydrogen-bond acceptors (Lipinski definition) is 3. The summed E-state index contributed by atoms with van der Waals surface area (Å²) in [6, 6.07) is 10.9. The van der Waals surface area contributed by atoms with Crippen molar-refractivity contribution in [3.63, 3.8) is 0 Å². The van der Waals surface area contributed by atoms with Gasteiger partial charge in [0.1, 0.15) is 5.75 Å². The van der Waals surface area contributed by atoms with Crippen molar-refractivity contribution in [3.8, 4) is 5.75 Å². The van der Waals surface area contributed by atoms with E-state index in [1.54, 1.807) is 18.2 Å². The molecule has 0 saturated heterocycles. The van der Waals surface area contributed by atoms with Crippen molar-refractivity contribution in [3.05, 3.63) is 53.1 Å². The molecule has 106 valence electrons. The van der Waals surface area contributed by atoms with Crippen molar-refractivity contribution in [2.45, 2.75) is 23.6 Å². The molecule has 4 heteroatoms. The minimum Gasteiger partial charge on any atom is -0.494 e. The summed E-state index contributed by atoms with van der Waals surface area (Å²) in [5.41, 5.74) is 2.19. The number of benzene rings is 2. The molecule has 1 aliphatic rings.